The highest BCUT2D eigenvalue weighted by Gasteiger charge is 2.33. The Hall–Kier alpha value is -0.690. The molecule has 2 rings (SSSR count). The van der Waals surface area contributed by atoms with Gasteiger partial charge in [0, 0.05) is 18.2 Å². The summed E-state index contributed by atoms with van der Waals surface area (Å²) in [6, 6.07) is 4.68. The molecule has 1 heterocycles. The van der Waals surface area contributed by atoms with Crippen LogP contribution in [0, 0.1) is 0 Å². The molecular weight excluding hydrogens is 328 g/mol. The second-order valence-electron chi connectivity index (χ2n) is 5.18. The van der Waals surface area contributed by atoms with Crippen LogP contribution >= 0.6 is 23.8 Å². The highest BCUT2D eigenvalue weighted by atomic mass is 35.5. The number of halogens is 1. The van der Waals surface area contributed by atoms with Gasteiger partial charge in [-0.05, 0) is 31.4 Å². The lowest BCUT2D eigenvalue weighted by atomic mass is 10.0. The van der Waals surface area contributed by atoms with Crippen LogP contribution in [-0.2, 0) is 10.0 Å². The van der Waals surface area contributed by atoms with Crippen molar-refractivity contribution in [2.45, 2.75) is 43.5 Å². The highest BCUT2D eigenvalue weighted by molar-refractivity contribution is 7.89. The van der Waals surface area contributed by atoms with E-state index in [4.69, 9.17) is 29.6 Å². The Morgan fingerprint density at radius 1 is 1.48 bits per heavy atom. The van der Waals surface area contributed by atoms with Crippen molar-refractivity contribution in [3.05, 3.63) is 28.8 Å². The molecule has 0 amide bonds. The van der Waals surface area contributed by atoms with Gasteiger partial charge in [0.1, 0.15) is 9.88 Å². The van der Waals surface area contributed by atoms with Gasteiger partial charge in [-0.25, -0.2) is 8.42 Å². The van der Waals surface area contributed by atoms with Gasteiger partial charge in [-0.2, -0.15) is 4.31 Å². The number of hydrogen-bond acceptors (Lipinski definition) is 3. The minimum Gasteiger partial charge on any atom is -0.389 e. The highest BCUT2D eigenvalue weighted by Crippen LogP contribution is 2.31. The second kappa shape index (κ2) is 6.60. The monoisotopic (exact) mass is 346 g/mol. The van der Waals surface area contributed by atoms with Crippen molar-refractivity contribution in [1.29, 1.82) is 0 Å². The van der Waals surface area contributed by atoms with Crippen LogP contribution in [0.3, 0.4) is 0 Å². The van der Waals surface area contributed by atoms with E-state index >= 15 is 0 Å². The minimum atomic E-state index is -3.62. The number of hydrogen-bond donors (Lipinski definition) is 1. The summed E-state index contributed by atoms with van der Waals surface area (Å²) in [7, 11) is -3.62. The van der Waals surface area contributed by atoms with Gasteiger partial charge in [0.25, 0.3) is 0 Å². The molecule has 1 aromatic carbocycles. The van der Waals surface area contributed by atoms with Crippen molar-refractivity contribution < 1.29 is 8.42 Å². The molecule has 4 nitrogen and oxygen atoms in total. The Balaban J connectivity index is 2.47. The molecule has 1 saturated heterocycles. The molecule has 0 spiro atoms. The van der Waals surface area contributed by atoms with Crippen LogP contribution in [0.4, 0.5) is 0 Å². The smallest absolute Gasteiger partial charge is 0.244 e. The normalized spacial score (nSPS) is 20.4. The Morgan fingerprint density at radius 2 is 2.19 bits per heavy atom. The van der Waals surface area contributed by atoms with Crippen LogP contribution in [0.1, 0.15) is 38.2 Å². The van der Waals surface area contributed by atoms with E-state index in [1.807, 2.05) is 6.92 Å². The van der Waals surface area contributed by atoms with E-state index in [1.165, 1.54) is 12.1 Å². The maximum atomic E-state index is 12.9. The Morgan fingerprint density at radius 3 is 2.81 bits per heavy atom. The average molecular weight is 347 g/mol. The van der Waals surface area contributed by atoms with E-state index in [1.54, 1.807) is 10.4 Å². The molecule has 1 aliphatic heterocycles. The predicted octanol–water partition coefficient (Wildman–Crippen LogP) is 2.93. The van der Waals surface area contributed by atoms with Crippen molar-refractivity contribution >= 4 is 38.8 Å². The van der Waals surface area contributed by atoms with Crippen molar-refractivity contribution in [3.63, 3.8) is 0 Å². The first-order chi connectivity index (χ1) is 9.87. The van der Waals surface area contributed by atoms with Crippen LogP contribution in [-0.4, -0.2) is 30.3 Å². The van der Waals surface area contributed by atoms with Gasteiger partial charge >= 0.3 is 0 Å². The Labute approximate surface area is 136 Å². The van der Waals surface area contributed by atoms with Crippen LogP contribution in [0.15, 0.2) is 23.1 Å². The lowest BCUT2D eigenvalue weighted by Gasteiger charge is -2.34. The van der Waals surface area contributed by atoms with E-state index in [9.17, 15) is 8.42 Å². The zero-order valence-corrected chi connectivity index (χ0v) is 14.3. The largest absolute Gasteiger partial charge is 0.389 e. The Kier molecular flexibility index (Phi) is 5.24. The molecule has 0 radical (unpaired) electrons. The average Bonchev–Trinajstić information content (AvgIpc) is 2.47. The molecule has 0 aromatic heterocycles. The van der Waals surface area contributed by atoms with Crippen molar-refractivity contribution in [2.75, 3.05) is 6.54 Å². The SMILES string of the molecule is CCC1CCCCN1S(=O)(=O)c1cc(C(N)=S)ccc1Cl. The van der Waals surface area contributed by atoms with Crippen LogP contribution in [0.25, 0.3) is 0 Å². The third-order valence-corrected chi connectivity index (χ3v) is 6.52. The standard InChI is InChI=1S/C14H19ClN2O2S2/c1-2-11-5-3-4-8-17(11)21(18,19)13-9-10(14(16)20)6-7-12(13)15/h6-7,9,11H,2-5,8H2,1H3,(H2,16,20). The van der Waals surface area contributed by atoms with E-state index in [0.29, 0.717) is 12.1 Å². The van der Waals surface area contributed by atoms with Crippen molar-refractivity contribution in [2.24, 2.45) is 5.73 Å². The lowest BCUT2D eigenvalue weighted by molar-refractivity contribution is 0.246. The minimum absolute atomic E-state index is 0.0355. The summed E-state index contributed by atoms with van der Waals surface area (Å²) in [6.07, 6.45) is 3.63. The van der Waals surface area contributed by atoms with Gasteiger partial charge in [-0.3, -0.25) is 0 Å². The van der Waals surface area contributed by atoms with Gasteiger partial charge < -0.3 is 5.73 Å². The first-order valence-corrected chi connectivity index (χ1v) is 9.21. The summed E-state index contributed by atoms with van der Waals surface area (Å²) in [5.74, 6) is 0. The number of sulfonamides is 1. The molecule has 1 fully saturated rings. The fourth-order valence-corrected chi connectivity index (χ4v) is 5.08. The number of piperidine rings is 1. The Bertz CT molecular complexity index is 646. The van der Waals surface area contributed by atoms with Gasteiger partial charge in [0.2, 0.25) is 10.0 Å². The van der Waals surface area contributed by atoms with Crippen molar-refractivity contribution in [3.8, 4) is 0 Å². The summed E-state index contributed by atoms with van der Waals surface area (Å²) in [5.41, 5.74) is 6.10. The molecule has 2 N–H and O–H groups in total. The van der Waals surface area contributed by atoms with Gasteiger partial charge in [-0.1, -0.05) is 43.2 Å². The molecule has 0 bridgehead atoms. The summed E-state index contributed by atoms with van der Waals surface area (Å²) in [4.78, 5) is 0.253. The molecule has 21 heavy (non-hydrogen) atoms. The maximum absolute atomic E-state index is 12.9. The zero-order chi connectivity index (χ0) is 15.6. The molecule has 116 valence electrons. The summed E-state index contributed by atoms with van der Waals surface area (Å²) < 4.78 is 27.4. The number of benzene rings is 1. The maximum Gasteiger partial charge on any atom is 0.244 e. The van der Waals surface area contributed by atoms with E-state index in [0.717, 1.165) is 25.7 Å². The molecule has 1 atom stereocenters. The molecule has 1 aromatic rings. The lowest BCUT2D eigenvalue weighted by Crippen LogP contribution is -2.43. The van der Waals surface area contributed by atoms with Gasteiger partial charge in [0.15, 0.2) is 0 Å². The first kappa shape index (κ1) is 16.7. The molecule has 7 heteroatoms. The second-order valence-corrected chi connectivity index (χ2v) is 7.89. The molecular formula is C14H19ClN2O2S2. The van der Waals surface area contributed by atoms with E-state index in [-0.39, 0.29) is 20.9 Å². The third-order valence-electron chi connectivity index (χ3n) is 3.85. The molecule has 0 aliphatic carbocycles. The molecule has 1 aliphatic rings. The van der Waals surface area contributed by atoms with E-state index in [2.05, 4.69) is 0 Å². The molecule has 0 saturated carbocycles. The van der Waals surface area contributed by atoms with Crippen LogP contribution in [0.5, 0.6) is 0 Å². The third kappa shape index (κ3) is 3.39. The summed E-state index contributed by atoms with van der Waals surface area (Å²) in [6.45, 7) is 2.54. The van der Waals surface area contributed by atoms with Crippen LogP contribution < -0.4 is 5.73 Å². The summed E-state index contributed by atoms with van der Waals surface area (Å²) in [5, 5.41) is 0.204. The summed E-state index contributed by atoms with van der Waals surface area (Å²) >= 11 is 11.0. The van der Waals surface area contributed by atoms with Gasteiger partial charge in [0.05, 0.1) is 5.02 Å². The fourth-order valence-electron chi connectivity index (χ4n) is 2.68. The number of thiocarbonyl (C=S) groups is 1. The number of nitrogens with two attached hydrogens (primary N) is 1. The topological polar surface area (TPSA) is 63.4 Å². The van der Waals surface area contributed by atoms with Crippen molar-refractivity contribution in [1.82, 2.24) is 4.31 Å². The fraction of sp³-hybridized carbons (Fsp3) is 0.500. The predicted molar refractivity (Wildman–Crippen MR) is 89.2 cm³/mol. The zero-order valence-electron chi connectivity index (χ0n) is 11.9. The van der Waals surface area contributed by atoms with Gasteiger partial charge in [-0.15, -0.1) is 0 Å². The van der Waals surface area contributed by atoms with Crippen LogP contribution in [0.2, 0.25) is 5.02 Å². The molecule has 1 unspecified atom stereocenters. The quantitative estimate of drug-likeness (QED) is 0.851. The number of rotatable bonds is 4. The first-order valence-electron chi connectivity index (χ1n) is 6.99. The van der Waals surface area contributed by atoms with E-state index < -0.39 is 10.0 Å². The number of nitrogens with zero attached hydrogens (tertiary/aromatic N) is 1.